The second-order valence-corrected chi connectivity index (χ2v) is 4.39. The van der Waals surface area contributed by atoms with Crippen molar-refractivity contribution in [3.8, 4) is 0 Å². The minimum Gasteiger partial charge on any atom is -0.387 e. The van der Waals surface area contributed by atoms with Gasteiger partial charge in [0, 0.05) is 19.4 Å². The molecule has 0 saturated carbocycles. The molecule has 0 fully saturated rings. The van der Waals surface area contributed by atoms with Gasteiger partial charge >= 0.3 is 6.18 Å². The average molecular weight is 269 g/mol. The van der Waals surface area contributed by atoms with E-state index in [0.717, 1.165) is 4.90 Å². The number of amides is 1. The quantitative estimate of drug-likeness (QED) is 0.792. The predicted octanol–water partition coefficient (Wildman–Crippen LogP) is 1.37. The second kappa shape index (κ2) is 6.72. The predicted molar refractivity (Wildman–Crippen MR) is 58.8 cm³/mol. The Morgan fingerprint density at radius 1 is 1.28 bits per heavy atom. The van der Waals surface area contributed by atoms with Gasteiger partial charge in [-0.15, -0.1) is 0 Å². The highest BCUT2D eigenvalue weighted by Gasteiger charge is 2.34. The zero-order valence-electron chi connectivity index (χ0n) is 10.6. The van der Waals surface area contributed by atoms with E-state index in [1.54, 1.807) is 13.8 Å². The Kier molecular flexibility index (Phi) is 6.31. The van der Waals surface area contributed by atoms with Crippen LogP contribution in [0.25, 0.3) is 0 Å². The molecule has 106 valence electrons. The number of hydrogen-bond donors (Lipinski definition) is 1. The van der Waals surface area contributed by atoms with Gasteiger partial charge in [-0.1, -0.05) is 13.8 Å². The Hall–Kier alpha value is -1.11. The molecule has 0 radical (unpaired) electrons. The number of nitrogens with zero attached hydrogens (tertiary/aromatic N) is 1. The van der Waals surface area contributed by atoms with Crippen LogP contribution in [-0.2, 0) is 9.59 Å². The van der Waals surface area contributed by atoms with Gasteiger partial charge in [-0.2, -0.15) is 13.2 Å². The summed E-state index contributed by atoms with van der Waals surface area (Å²) in [6, 6.07) is -1.15. The van der Waals surface area contributed by atoms with E-state index in [1.807, 2.05) is 0 Å². The summed E-state index contributed by atoms with van der Waals surface area (Å²) >= 11 is 0. The number of ketones is 1. The fourth-order valence-electron chi connectivity index (χ4n) is 1.50. The third-order valence-electron chi connectivity index (χ3n) is 2.59. The summed E-state index contributed by atoms with van der Waals surface area (Å²) in [5, 5.41) is 8.68. The van der Waals surface area contributed by atoms with Gasteiger partial charge in [0.2, 0.25) is 5.91 Å². The molecule has 0 aromatic heterocycles. The molecule has 0 spiro atoms. The summed E-state index contributed by atoms with van der Waals surface area (Å²) in [6.45, 7) is 2.28. The Balaban J connectivity index is 4.83. The second-order valence-electron chi connectivity index (χ2n) is 4.39. The third-order valence-corrected chi connectivity index (χ3v) is 2.59. The van der Waals surface area contributed by atoms with Crippen LogP contribution in [0.4, 0.5) is 13.2 Å². The van der Waals surface area contributed by atoms with Crippen molar-refractivity contribution in [2.75, 3.05) is 13.7 Å². The van der Waals surface area contributed by atoms with Crippen molar-refractivity contribution in [1.29, 1.82) is 0 Å². The highest BCUT2D eigenvalue weighted by Crippen LogP contribution is 2.24. The molecule has 1 atom stereocenters. The Bertz CT molecular complexity index is 302. The Morgan fingerprint density at radius 3 is 2.11 bits per heavy atom. The van der Waals surface area contributed by atoms with Gasteiger partial charge in [0.05, 0.1) is 6.04 Å². The van der Waals surface area contributed by atoms with Crippen LogP contribution in [0.3, 0.4) is 0 Å². The summed E-state index contributed by atoms with van der Waals surface area (Å²) in [7, 11) is 1.22. The monoisotopic (exact) mass is 269 g/mol. The molecule has 0 aromatic rings. The first-order chi connectivity index (χ1) is 8.10. The molecule has 4 nitrogen and oxygen atoms in total. The van der Waals surface area contributed by atoms with Gasteiger partial charge in [-0.25, -0.2) is 0 Å². The number of halogens is 3. The number of Topliss-reactive ketones (excluding diaryl/α,β-unsaturated/α-hetero) is 1. The van der Waals surface area contributed by atoms with Crippen molar-refractivity contribution in [3.63, 3.8) is 0 Å². The molecule has 18 heavy (non-hydrogen) atoms. The lowest BCUT2D eigenvalue weighted by Crippen LogP contribution is -2.45. The topological polar surface area (TPSA) is 57.6 Å². The maximum atomic E-state index is 12.2. The van der Waals surface area contributed by atoms with Crippen LogP contribution in [0.2, 0.25) is 0 Å². The molecule has 0 aliphatic rings. The van der Waals surface area contributed by atoms with E-state index < -0.39 is 49.3 Å². The van der Waals surface area contributed by atoms with E-state index in [0.29, 0.717) is 0 Å². The first-order valence-electron chi connectivity index (χ1n) is 5.57. The minimum atomic E-state index is -4.38. The molecule has 1 amide bonds. The lowest BCUT2D eigenvalue weighted by Gasteiger charge is -2.28. The first kappa shape index (κ1) is 16.9. The number of alkyl halides is 3. The van der Waals surface area contributed by atoms with E-state index in [4.69, 9.17) is 5.11 Å². The number of likely N-dealkylation sites (N-methyl/N-ethyl adjacent to an activating group) is 1. The molecule has 0 aliphatic heterocycles. The number of carbonyl (C=O) groups is 2. The molecule has 1 unspecified atom stereocenters. The molecular formula is C11H18F3NO3. The van der Waals surface area contributed by atoms with E-state index in [-0.39, 0.29) is 0 Å². The maximum Gasteiger partial charge on any atom is 0.389 e. The van der Waals surface area contributed by atoms with Gasteiger partial charge in [-0.3, -0.25) is 9.59 Å². The molecule has 0 rings (SSSR count). The summed E-state index contributed by atoms with van der Waals surface area (Å²) in [4.78, 5) is 23.9. The Morgan fingerprint density at radius 2 is 1.78 bits per heavy atom. The number of aliphatic hydroxyl groups is 1. The molecule has 0 bridgehead atoms. The van der Waals surface area contributed by atoms with E-state index in [9.17, 15) is 22.8 Å². The van der Waals surface area contributed by atoms with Gasteiger partial charge in [0.25, 0.3) is 0 Å². The van der Waals surface area contributed by atoms with Crippen LogP contribution < -0.4 is 0 Å². The van der Waals surface area contributed by atoms with Crippen molar-refractivity contribution in [2.45, 2.75) is 38.9 Å². The highest BCUT2D eigenvalue weighted by molar-refractivity contribution is 5.90. The van der Waals surface area contributed by atoms with Crippen LogP contribution in [-0.4, -0.2) is 47.6 Å². The number of carbonyl (C=O) groups excluding carboxylic acids is 2. The molecule has 0 aromatic carbocycles. The average Bonchev–Trinajstić information content (AvgIpc) is 2.25. The van der Waals surface area contributed by atoms with Crippen LogP contribution >= 0.6 is 0 Å². The van der Waals surface area contributed by atoms with Crippen molar-refractivity contribution in [3.05, 3.63) is 0 Å². The van der Waals surface area contributed by atoms with E-state index in [1.165, 1.54) is 7.05 Å². The zero-order chi connectivity index (χ0) is 14.5. The lowest BCUT2D eigenvalue weighted by molar-refractivity contribution is -0.149. The lowest BCUT2D eigenvalue weighted by atomic mass is 9.96. The van der Waals surface area contributed by atoms with Crippen LogP contribution in [0.5, 0.6) is 0 Å². The smallest absolute Gasteiger partial charge is 0.387 e. The first-order valence-corrected chi connectivity index (χ1v) is 5.57. The van der Waals surface area contributed by atoms with E-state index in [2.05, 4.69) is 0 Å². The van der Waals surface area contributed by atoms with Gasteiger partial charge in [0.15, 0.2) is 5.78 Å². The maximum absolute atomic E-state index is 12.2. The van der Waals surface area contributed by atoms with Crippen molar-refractivity contribution >= 4 is 11.7 Å². The van der Waals surface area contributed by atoms with Gasteiger partial charge in [0.1, 0.15) is 6.61 Å². The third kappa shape index (κ3) is 5.48. The standard InChI is InChI=1S/C11H18F3NO3/c1-7(2)10(18)8(4-5-11(12,13)14)15(3)9(17)6-16/h7-8,16H,4-6H2,1-3H3. The molecule has 0 aliphatic carbocycles. The van der Waals surface area contributed by atoms with Crippen LogP contribution in [0.15, 0.2) is 0 Å². The van der Waals surface area contributed by atoms with Gasteiger partial charge in [-0.05, 0) is 6.42 Å². The Labute approximate surface area is 104 Å². The highest BCUT2D eigenvalue weighted by atomic mass is 19.4. The summed E-state index contributed by atoms with van der Waals surface area (Å²) in [6.07, 6.45) is -6.00. The van der Waals surface area contributed by atoms with Crippen molar-refractivity contribution in [1.82, 2.24) is 4.90 Å². The largest absolute Gasteiger partial charge is 0.389 e. The summed E-state index contributed by atoms with van der Waals surface area (Å²) in [5.74, 6) is -1.68. The summed E-state index contributed by atoms with van der Waals surface area (Å²) in [5.41, 5.74) is 0. The van der Waals surface area contributed by atoms with Crippen LogP contribution in [0.1, 0.15) is 26.7 Å². The molecule has 0 heterocycles. The number of rotatable bonds is 6. The fraction of sp³-hybridized carbons (Fsp3) is 0.818. The SMILES string of the molecule is CC(C)C(=O)C(CCC(F)(F)F)N(C)C(=O)CO. The van der Waals surface area contributed by atoms with Crippen molar-refractivity contribution in [2.24, 2.45) is 5.92 Å². The molecular weight excluding hydrogens is 251 g/mol. The summed E-state index contributed by atoms with van der Waals surface area (Å²) < 4.78 is 36.5. The molecule has 0 saturated heterocycles. The van der Waals surface area contributed by atoms with Crippen LogP contribution in [0, 0.1) is 5.92 Å². The van der Waals surface area contributed by atoms with E-state index >= 15 is 0 Å². The minimum absolute atomic E-state index is 0.441. The number of aliphatic hydroxyl groups excluding tert-OH is 1. The van der Waals surface area contributed by atoms with Gasteiger partial charge < -0.3 is 10.0 Å². The zero-order valence-corrected chi connectivity index (χ0v) is 10.6. The molecule has 1 N–H and O–H groups in total. The molecule has 7 heteroatoms. The normalized spacial score (nSPS) is 13.6. The number of hydrogen-bond acceptors (Lipinski definition) is 3. The van der Waals surface area contributed by atoms with Crippen molar-refractivity contribution < 1.29 is 27.9 Å². The fourth-order valence-corrected chi connectivity index (χ4v) is 1.50.